The number of hydrogen-bond acceptors (Lipinski definition) is 4. The normalized spacial score (nSPS) is 10.5. The number of rotatable bonds is 5. The molecule has 0 radical (unpaired) electrons. The van der Waals surface area contributed by atoms with Crippen LogP contribution in [0.4, 0.5) is 11.4 Å². The van der Waals surface area contributed by atoms with Crippen LogP contribution in [0.1, 0.15) is 10.4 Å². The van der Waals surface area contributed by atoms with Crippen LogP contribution in [-0.2, 0) is 0 Å². The average Bonchev–Trinajstić information content (AvgIpc) is 2.48. The summed E-state index contributed by atoms with van der Waals surface area (Å²) in [7, 11) is 0. The minimum Gasteiger partial charge on any atom is -0.361 e. The molecule has 5 nitrogen and oxygen atoms in total. The number of nitrogens with one attached hydrogen (secondary N) is 1. The molecule has 0 aliphatic heterocycles. The number of ketones is 1. The van der Waals surface area contributed by atoms with E-state index in [-0.39, 0.29) is 11.5 Å². The molecule has 0 spiro atoms. The van der Waals surface area contributed by atoms with E-state index in [2.05, 4.69) is 5.32 Å². The number of carbonyl (C=O) groups excluding carboxylic acids is 1. The number of anilines is 1. The van der Waals surface area contributed by atoms with E-state index in [0.717, 1.165) is 0 Å². The Morgan fingerprint density at radius 3 is 2.57 bits per heavy atom. The van der Waals surface area contributed by atoms with E-state index in [1.54, 1.807) is 36.4 Å². The molecule has 0 saturated heterocycles. The number of hydrogen-bond donors (Lipinski definition) is 1. The van der Waals surface area contributed by atoms with Gasteiger partial charge in [-0.05, 0) is 30.3 Å². The van der Waals surface area contributed by atoms with Crippen molar-refractivity contribution >= 4 is 28.8 Å². The van der Waals surface area contributed by atoms with Gasteiger partial charge in [0.25, 0.3) is 5.69 Å². The fourth-order valence-electron chi connectivity index (χ4n) is 1.63. The molecule has 2 aromatic rings. The first-order chi connectivity index (χ1) is 10.1. The summed E-state index contributed by atoms with van der Waals surface area (Å²) in [6.45, 7) is 0. The van der Waals surface area contributed by atoms with Gasteiger partial charge >= 0.3 is 0 Å². The van der Waals surface area contributed by atoms with Gasteiger partial charge in [0.1, 0.15) is 0 Å². The average molecular weight is 303 g/mol. The molecule has 0 fully saturated rings. The van der Waals surface area contributed by atoms with E-state index < -0.39 is 4.92 Å². The van der Waals surface area contributed by atoms with Crippen molar-refractivity contribution in [3.8, 4) is 0 Å². The number of allylic oxidation sites excluding steroid dienone is 1. The molecule has 1 N–H and O–H groups in total. The van der Waals surface area contributed by atoms with Gasteiger partial charge in [0.2, 0.25) is 0 Å². The number of benzene rings is 2. The summed E-state index contributed by atoms with van der Waals surface area (Å²) in [4.78, 5) is 22.0. The molecule has 0 bridgehead atoms. The van der Waals surface area contributed by atoms with Crippen molar-refractivity contribution in [2.24, 2.45) is 0 Å². The maximum Gasteiger partial charge on any atom is 0.271 e. The molecular weight excluding hydrogens is 292 g/mol. The number of non-ortho nitro benzene ring substituents is 1. The Morgan fingerprint density at radius 1 is 1.19 bits per heavy atom. The third-order valence-electron chi connectivity index (χ3n) is 2.67. The van der Waals surface area contributed by atoms with Crippen LogP contribution in [0.3, 0.4) is 0 Å². The highest BCUT2D eigenvalue weighted by Gasteiger charge is 2.04. The second kappa shape index (κ2) is 6.67. The highest BCUT2D eigenvalue weighted by molar-refractivity contribution is 6.30. The quantitative estimate of drug-likeness (QED) is 0.391. The van der Waals surface area contributed by atoms with Crippen molar-refractivity contribution < 1.29 is 9.72 Å². The maximum absolute atomic E-state index is 11.8. The van der Waals surface area contributed by atoms with Gasteiger partial charge in [-0.3, -0.25) is 14.9 Å². The van der Waals surface area contributed by atoms with Gasteiger partial charge in [-0.15, -0.1) is 0 Å². The maximum atomic E-state index is 11.8. The summed E-state index contributed by atoms with van der Waals surface area (Å²) < 4.78 is 0. The number of nitro benzene ring substituents is 1. The van der Waals surface area contributed by atoms with Crippen LogP contribution < -0.4 is 5.32 Å². The molecule has 0 aromatic heterocycles. The molecule has 0 atom stereocenters. The molecule has 2 aromatic carbocycles. The Morgan fingerprint density at radius 2 is 1.90 bits per heavy atom. The SMILES string of the molecule is O=C(/C=C\Nc1cccc([N+](=O)[O-])c1)c1ccc(Cl)cc1. The molecule has 6 heteroatoms. The van der Waals surface area contributed by atoms with Gasteiger partial charge in [-0.25, -0.2) is 0 Å². The van der Waals surface area contributed by atoms with Gasteiger partial charge in [0.05, 0.1) is 4.92 Å². The lowest BCUT2D eigenvalue weighted by molar-refractivity contribution is -0.384. The number of nitrogens with zero attached hydrogens (tertiary/aromatic N) is 1. The van der Waals surface area contributed by atoms with E-state index in [4.69, 9.17) is 11.6 Å². The first-order valence-corrected chi connectivity index (χ1v) is 6.41. The minimum absolute atomic E-state index is 0.0163. The number of halogens is 1. The Kier molecular flexibility index (Phi) is 4.68. The monoisotopic (exact) mass is 302 g/mol. The standard InChI is InChI=1S/C15H11ClN2O3/c16-12-6-4-11(5-7-12)15(19)8-9-17-13-2-1-3-14(10-13)18(20)21/h1-10,17H/b9-8-. The Hall–Kier alpha value is -2.66. The summed E-state index contributed by atoms with van der Waals surface area (Å²) in [6, 6.07) is 12.5. The van der Waals surface area contributed by atoms with Crippen LogP contribution >= 0.6 is 11.6 Å². The molecule has 0 amide bonds. The van der Waals surface area contributed by atoms with Crippen molar-refractivity contribution in [2.75, 3.05) is 5.32 Å². The van der Waals surface area contributed by atoms with Crippen LogP contribution in [0.5, 0.6) is 0 Å². The van der Waals surface area contributed by atoms with Gasteiger partial charge in [-0.1, -0.05) is 17.7 Å². The van der Waals surface area contributed by atoms with Crippen LogP contribution in [-0.4, -0.2) is 10.7 Å². The molecule has 21 heavy (non-hydrogen) atoms. The predicted molar refractivity (Wildman–Crippen MR) is 81.6 cm³/mol. The van der Waals surface area contributed by atoms with E-state index in [1.807, 2.05) is 0 Å². The Labute approximate surface area is 126 Å². The largest absolute Gasteiger partial charge is 0.361 e. The fraction of sp³-hybridized carbons (Fsp3) is 0. The Balaban J connectivity index is 2.02. The van der Waals surface area contributed by atoms with Crippen molar-refractivity contribution in [2.45, 2.75) is 0 Å². The van der Waals surface area contributed by atoms with Crippen molar-refractivity contribution in [3.05, 3.63) is 81.5 Å². The number of carbonyl (C=O) groups is 1. The molecule has 0 aliphatic rings. The van der Waals surface area contributed by atoms with Gasteiger partial charge in [0, 0.05) is 40.7 Å². The second-order valence-corrected chi connectivity index (χ2v) is 4.59. The molecule has 0 unspecified atom stereocenters. The van der Waals surface area contributed by atoms with Crippen molar-refractivity contribution in [3.63, 3.8) is 0 Å². The third kappa shape index (κ3) is 4.15. The summed E-state index contributed by atoms with van der Waals surface area (Å²) in [5.41, 5.74) is 1.03. The Bertz CT molecular complexity index is 696. The first-order valence-electron chi connectivity index (χ1n) is 6.04. The third-order valence-corrected chi connectivity index (χ3v) is 2.92. The molecule has 2 rings (SSSR count). The van der Waals surface area contributed by atoms with Crippen LogP contribution in [0, 0.1) is 10.1 Å². The zero-order valence-electron chi connectivity index (χ0n) is 10.8. The van der Waals surface area contributed by atoms with Crippen LogP contribution in [0.2, 0.25) is 5.02 Å². The lowest BCUT2D eigenvalue weighted by atomic mass is 10.1. The molecular formula is C15H11ClN2O3. The molecule has 0 heterocycles. The second-order valence-electron chi connectivity index (χ2n) is 4.16. The highest BCUT2D eigenvalue weighted by atomic mass is 35.5. The number of nitro groups is 1. The van der Waals surface area contributed by atoms with E-state index in [9.17, 15) is 14.9 Å². The molecule has 0 aliphatic carbocycles. The summed E-state index contributed by atoms with van der Waals surface area (Å²) in [5, 5.41) is 14.0. The summed E-state index contributed by atoms with van der Waals surface area (Å²) >= 11 is 5.74. The minimum atomic E-state index is -0.478. The van der Waals surface area contributed by atoms with Gasteiger partial charge in [0.15, 0.2) is 5.78 Å². The lowest BCUT2D eigenvalue weighted by Gasteiger charge is -2.00. The molecule has 106 valence electrons. The van der Waals surface area contributed by atoms with Crippen LogP contribution in [0.25, 0.3) is 0 Å². The van der Waals surface area contributed by atoms with E-state index in [1.165, 1.54) is 24.4 Å². The van der Waals surface area contributed by atoms with Gasteiger partial charge in [-0.2, -0.15) is 0 Å². The zero-order chi connectivity index (χ0) is 15.2. The molecule has 0 saturated carbocycles. The predicted octanol–water partition coefficient (Wildman–Crippen LogP) is 4.06. The highest BCUT2D eigenvalue weighted by Crippen LogP contribution is 2.17. The van der Waals surface area contributed by atoms with Crippen molar-refractivity contribution in [1.82, 2.24) is 0 Å². The zero-order valence-corrected chi connectivity index (χ0v) is 11.6. The lowest BCUT2D eigenvalue weighted by Crippen LogP contribution is -1.96. The van der Waals surface area contributed by atoms with E-state index >= 15 is 0 Å². The summed E-state index contributed by atoms with van der Waals surface area (Å²) in [5.74, 6) is -0.190. The van der Waals surface area contributed by atoms with Crippen molar-refractivity contribution in [1.29, 1.82) is 0 Å². The summed E-state index contributed by atoms with van der Waals surface area (Å²) in [6.07, 6.45) is 2.79. The van der Waals surface area contributed by atoms with Gasteiger partial charge < -0.3 is 5.32 Å². The topological polar surface area (TPSA) is 72.2 Å². The fourth-order valence-corrected chi connectivity index (χ4v) is 1.76. The smallest absolute Gasteiger partial charge is 0.271 e. The van der Waals surface area contributed by atoms with E-state index in [0.29, 0.717) is 16.3 Å². The first kappa shape index (κ1) is 14.7. The van der Waals surface area contributed by atoms with Crippen LogP contribution in [0.15, 0.2) is 60.8 Å².